The zero-order valence-electron chi connectivity index (χ0n) is 9.78. The third-order valence-electron chi connectivity index (χ3n) is 2.40. The maximum Gasteiger partial charge on any atom is 0.127 e. The van der Waals surface area contributed by atoms with Crippen LogP contribution < -0.4 is 0 Å². The molecule has 0 bridgehead atoms. The van der Waals surface area contributed by atoms with Gasteiger partial charge in [0.15, 0.2) is 0 Å². The summed E-state index contributed by atoms with van der Waals surface area (Å²) in [7, 11) is 0. The van der Waals surface area contributed by atoms with Gasteiger partial charge in [-0.1, -0.05) is 6.92 Å². The van der Waals surface area contributed by atoms with Crippen LogP contribution in [0.3, 0.4) is 0 Å². The summed E-state index contributed by atoms with van der Waals surface area (Å²) in [4.78, 5) is 1.86. The molecule has 0 saturated heterocycles. The number of nitriles is 2. The van der Waals surface area contributed by atoms with Crippen LogP contribution in [0.4, 0.5) is 4.39 Å². The minimum absolute atomic E-state index is 0.268. The molecular weight excluding hydrogens is 217 g/mol. The van der Waals surface area contributed by atoms with Gasteiger partial charge in [-0.2, -0.15) is 10.5 Å². The molecule has 1 aromatic carbocycles. The van der Waals surface area contributed by atoms with E-state index in [2.05, 4.69) is 6.07 Å². The lowest BCUT2D eigenvalue weighted by Crippen LogP contribution is -2.25. The van der Waals surface area contributed by atoms with Gasteiger partial charge in [-0.15, -0.1) is 0 Å². The van der Waals surface area contributed by atoms with Gasteiger partial charge in [0.2, 0.25) is 0 Å². The molecule has 0 aliphatic heterocycles. The van der Waals surface area contributed by atoms with E-state index < -0.39 is 0 Å². The molecule has 0 unspecified atom stereocenters. The molecule has 88 valence electrons. The molecule has 0 N–H and O–H groups in total. The maximum absolute atomic E-state index is 13.5. The first-order valence-corrected chi connectivity index (χ1v) is 5.49. The summed E-state index contributed by atoms with van der Waals surface area (Å²) < 4.78 is 13.5. The van der Waals surface area contributed by atoms with Gasteiger partial charge in [0.1, 0.15) is 5.82 Å². The summed E-state index contributed by atoms with van der Waals surface area (Å²) >= 11 is 0. The molecule has 1 rings (SSSR count). The van der Waals surface area contributed by atoms with Gasteiger partial charge in [-0.25, -0.2) is 4.39 Å². The first kappa shape index (κ1) is 13.2. The number of hydrogen-bond donors (Lipinski definition) is 0. The molecule has 1 aromatic rings. The number of nitrogens with zero attached hydrogens (tertiary/aromatic N) is 3. The molecule has 0 fully saturated rings. The fourth-order valence-electron chi connectivity index (χ4n) is 1.64. The fourth-order valence-corrected chi connectivity index (χ4v) is 1.64. The summed E-state index contributed by atoms with van der Waals surface area (Å²) in [6.45, 7) is 3.38. The van der Waals surface area contributed by atoms with Crippen LogP contribution in [0.25, 0.3) is 0 Å². The smallest absolute Gasteiger partial charge is 0.127 e. The summed E-state index contributed by atoms with van der Waals surface area (Å²) in [5, 5.41) is 17.4. The van der Waals surface area contributed by atoms with Crippen molar-refractivity contribution in [3.05, 3.63) is 35.1 Å². The Morgan fingerprint density at radius 1 is 1.35 bits per heavy atom. The van der Waals surface area contributed by atoms with Crippen LogP contribution in [0.2, 0.25) is 0 Å². The van der Waals surface area contributed by atoms with E-state index in [1.807, 2.05) is 17.9 Å². The van der Waals surface area contributed by atoms with Crippen LogP contribution in [0.15, 0.2) is 18.2 Å². The molecule has 0 spiro atoms. The third kappa shape index (κ3) is 3.86. The Kier molecular flexibility index (Phi) is 5.13. The predicted octanol–water partition coefficient (Wildman–Crippen LogP) is 2.43. The van der Waals surface area contributed by atoms with Crippen molar-refractivity contribution >= 4 is 0 Å². The predicted molar refractivity (Wildman–Crippen MR) is 62.3 cm³/mol. The van der Waals surface area contributed by atoms with E-state index in [1.54, 1.807) is 0 Å². The van der Waals surface area contributed by atoms with E-state index in [0.29, 0.717) is 17.7 Å². The lowest BCUT2D eigenvalue weighted by Gasteiger charge is -2.18. The van der Waals surface area contributed by atoms with Gasteiger partial charge >= 0.3 is 0 Å². The van der Waals surface area contributed by atoms with Crippen molar-refractivity contribution in [2.75, 3.05) is 13.1 Å². The largest absolute Gasteiger partial charge is 0.286 e. The highest BCUT2D eigenvalue weighted by molar-refractivity contribution is 5.33. The Labute approximate surface area is 101 Å². The van der Waals surface area contributed by atoms with Crippen LogP contribution in [-0.4, -0.2) is 18.0 Å². The molecule has 0 heterocycles. The highest BCUT2D eigenvalue weighted by Gasteiger charge is 2.09. The van der Waals surface area contributed by atoms with Gasteiger partial charge in [0, 0.05) is 12.1 Å². The number of benzene rings is 1. The van der Waals surface area contributed by atoms with Crippen LogP contribution in [-0.2, 0) is 6.54 Å². The quantitative estimate of drug-likeness (QED) is 0.731. The number of halogens is 1. The first-order valence-electron chi connectivity index (χ1n) is 5.49. The van der Waals surface area contributed by atoms with E-state index in [4.69, 9.17) is 10.5 Å². The second-order valence-electron chi connectivity index (χ2n) is 3.79. The SMILES string of the molecule is CCCN(CC#N)Cc1cc(C#N)ccc1F. The molecule has 4 heteroatoms. The molecule has 0 aliphatic carbocycles. The van der Waals surface area contributed by atoms with Gasteiger partial charge < -0.3 is 0 Å². The molecule has 0 radical (unpaired) electrons. The molecule has 0 aromatic heterocycles. The third-order valence-corrected chi connectivity index (χ3v) is 2.40. The van der Waals surface area contributed by atoms with Gasteiger partial charge in [-0.3, -0.25) is 4.90 Å². The second kappa shape index (κ2) is 6.62. The minimum Gasteiger partial charge on any atom is -0.286 e. The van der Waals surface area contributed by atoms with Crippen molar-refractivity contribution in [1.29, 1.82) is 10.5 Å². The zero-order chi connectivity index (χ0) is 12.7. The van der Waals surface area contributed by atoms with Crippen molar-refractivity contribution in [3.63, 3.8) is 0 Å². The summed E-state index contributed by atoms with van der Waals surface area (Å²) in [5.41, 5.74) is 0.905. The fraction of sp³-hybridized carbons (Fsp3) is 0.385. The normalized spacial score (nSPS) is 9.94. The molecular formula is C13H14FN3. The van der Waals surface area contributed by atoms with E-state index >= 15 is 0 Å². The van der Waals surface area contributed by atoms with Crippen molar-refractivity contribution in [2.45, 2.75) is 19.9 Å². The summed E-state index contributed by atoms with van der Waals surface area (Å²) in [6.07, 6.45) is 0.904. The Hall–Kier alpha value is -1.91. The molecule has 0 saturated carbocycles. The van der Waals surface area contributed by atoms with E-state index in [9.17, 15) is 4.39 Å². The van der Waals surface area contributed by atoms with Crippen LogP contribution >= 0.6 is 0 Å². The number of rotatable bonds is 5. The average molecular weight is 231 g/mol. The molecule has 17 heavy (non-hydrogen) atoms. The maximum atomic E-state index is 13.5. The Balaban J connectivity index is 2.85. The van der Waals surface area contributed by atoms with Gasteiger partial charge in [0.25, 0.3) is 0 Å². The molecule has 3 nitrogen and oxygen atoms in total. The Morgan fingerprint density at radius 2 is 2.12 bits per heavy atom. The topological polar surface area (TPSA) is 50.8 Å². The summed E-state index contributed by atoms with van der Waals surface area (Å²) in [5.74, 6) is -0.331. The second-order valence-corrected chi connectivity index (χ2v) is 3.79. The monoisotopic (exact) mass is 231 g/mol. The Bertz CT molecular complexity index is 457. The standard InChI is InChI=1S/C13H14FN3/c1-2-6-17(7-5-15)10-12-8-11(9-16)3-4-13(12)14/h3-4,8H,2,6-7,10H2,1H3. The highest BCUT2D eigenvalue weighted by atomic mass is 19.1. The average Bonchev–Trinajstić information content (AvgIpc) is 2.32. The lowest BCUT2D eigenvalue weighted by atomic mass is 10.1. The molecule has 0 atom stereocenters. The Morgan fingerprint density at radius 3 is 2.71 bits per heavy atom. The van der Waals surface area contributed by atoms with E-state index in [-0.39, 0.29) is 12.4 Å². The van der Waals surface area contributed by atoms with Crippen LogP contribution in [0.1, 0.15) is 24.5 Å². The first-order chi connectivity index (χ1) is 8.21. The lowest BCUT2D eigenvalue weighted by molar-refractivity contribution is 0.294. The highest BCUT2D eigenvalue weighted by Crippen LogP contribution is 2.13. The van der Waals surface area contributed by atoms with Crippen molar-refractivity contribution in [2.24, 2.45) is 0 Å². The van der Waals surface area contributed by atoms with Gasteiger partial charge in [0.05, 0.1) is 24.2 Å². The van der Waals surface area contributed by atoms with Crippen molar-refractivity contribution in [3.8, 4) is 12.1 Å². The van der Waals surface area contributed by atoms with Crippen LogP contribution in [0, 0.1) is 28.5 Å². The van der Waals surface area contributed by atoms with Crippen molar-refractivity contribution in [1.82, 2.24) is 4.90 Å². The molecule has 0 aliphatic rings. The molecule has 0 amide bonds. The minimum atomic E-state index is -0.331. The van der Waals surface area contributed by atoms with Crippen LogP contribution in [0.5, 0.6) is 0 Å². The zero-order valence-corrected chi connectivity index (χ0v) is 9.78. The van der Waals surface area contributed by atoms with E-state index in [0.717, 1.165) is 13.0 Å². The number of hydrogen-bond acceptors (Lipinski definition) is 3. The van der Waals surface area contributed by atoms with Crippen molar-refractivity contribution < 1.29 is 4.39 Å². The van der Waals surface area contributed by atoms with Gasteiger partial charge in [-0.05, 0) is 31.2 Å². The summed E-state index contributed by atoms with van der Waals surface area (Å²) in [6, 6.07) is 8.33. The van der Waals surface area contributed by atoms with E-state index in [1.165, 1.54) is 18.2 Å².